The molecule has 1 saturated carbocycles. The van der Waals surface area contributed by atoms with Gasteiger partial charge in [0.1, 0.15) is 5.76 Å². The summed E-state index contributed by atoms with van der Waals surface area (Å²) in [5, 5.41) is 0. The number of hydrogen-bond acceptors (Lipinski definition) is 4. The molecule has 6 rings (SSSR count). The number of benzene rings is 1. The number of nitrogens with zero attached hydrogens (tertiary/aromatic N) is 1. The number of ether oxygens (including phenoxy) is 3. The lowest BCUT2D eigenvalue weighted by atomic mass is 9.57. The van der Waals surface area contributed by atoms with Gasteiger partial charge in [0.2, 0.25) is 0 Å². The molecule has 0 aromatic heterocycles. The van der Waals surface area contributed by atoms with Crippen LogP contribution in [0.5, 0.6) is 11.5 Å². The number of rotatable bonds is 7. The van der Waals surface area contributed by atoms with Crippen LogP contribution in [0.3, 0.4) is 0 Å². The lowest BCUT2D eigenvalue weighted by molar-refractivity contribution is 0.0622. The van der Waals surface area contributed by atoms with Gasteiger partial charge in [0.15, 0.2) is 17.6 Å². The summed E-state index contributed by atoms with van der Waals surface area (Å²) in [7, 11) is 1.77. The molecule has 0 radical (unpaired) electrons. The fraction of sp³-hybridized carbons (Fsp3) is 0.600. The maximum absolute atomic E-state index is 6.69. The van der Waals surface area contributed by atoms with Crippen molar-refractivity contribution < 1.29 is 14.2 Å². The van der Waals surface area contributed by atoms with Gasteiger partial charge in [0, 0.05) is 24.7 Å². The minimum Gasteiger partial charge on any atom is -0.497 e. The van der Waals surface area contributed by atoms with Crippen LogP contribution in [0.2, 0.25) is 0 Å². The zero-order valence-electron chi connectivity index (χ0n) is 17.6. The minimum atomic E-state index is -0.0716. The summed E-state index contributed by atoms with van der Waals surface area (Å²) >= 11 is 0. The Hall–Kier alpha value is -1.94. The molecule has 2 heterocycles. The van der Waals surface area contributed by atoms with E-state index in [1.165, 1.54) is 30.5 Å². The predicted octanol–water partition coefficient (Wildman–Crippen LogP) is 4.38. The Morgan fingerprint density at radius 1 is 1.24 bits per heavy atom. The second-order valence-corrected chi connectivity index (χ2v) is 9.40. The van der Waals surface area contributed by atoms with Crippen molar-refractivity contribution in [3.63, 3.8) is 0 Å². The number of allylic oxidation sites excluding steroid dienone is 2. The first kappa shape index (κ1) is 17.9. The first-order chi connectivity index (χ1) is 14.3. The van der Waals surface area contributed by atoms with Crippen molar-refractivity contribution in [3.05, 3.63) is 46.7 Å². The molecule has 4 nitrogen and oxygen atoms in total. The second kappa shape index (κ2) is 6.53. The molecule has 5 aliphatic rings. The molecule has 1 aromatic rings. The molecular formula is C25H31NO3. The van der Waals surface area contributed by atoms with Crippen molar-refractivity contribution in [2.75, 3.05) is 26.8 Å². The van der Waals surface area contributed by atoms with Gasteiger partial charge in [0.25, 0.3) is 0 Å². The number of piperidine rings is 1. The van der Waals surface area contributed by atoms with Crippen LogP contribution in [0.4, 0.5) is 0 Å². The van der Waals surface area contributed by atoms with Gasteiger partial charge in [-0.15, -0.1) is 0 Å². The molecule has 2 bridgehead atoms. The third kappa shape index (κ3) is 2.48. The summed E-state index contributed by atoms with van der Waals surface area (Å²) in [5.41, 5.74) is 4.32. The van der Waals surface area contributed by atoms with E-state index in [9.17, 15) is 0 Å². The average Bonchev–Trinajstić information content (AvgIpc) is 3.48. The number of methoxy groups -OCH3 is 1. The van der Waals surface area contributed by atoms with Gasteiger partial charge >= 0.3 is 0 Å². The average molecular weight is 394 g/mol. The highest BCUT2D eigenvalue weighted by Crippen LogP contribution is 2.62. The maximum atomic E-state index is 6.69. The van der Waals surface area contributed by atoms with E-state index in [0.29, 0.717) is 6.04 Å². The largest absolute Gasteiger partial charge is 0.497 e. The predicted molar refractivity (Wildman–Crippen MR) is 113 cm³/mol. The lowest BCUT2D eigenvalue weighted by Crippen LogP contribution is -2.59. The maximum Gasteiger partial charge on any atom is 0.169 e. The van der Waals surface area contributed by atoms with Crippen molar-refractivity contribution >= 4 is 0 Å². The van der Waals surface area contributed by atoms with Crippen LogP contribution in [-0.4, -0.2) is 43.9 Å². The van der Waals surface area contributed by atoms with Gasteiger partial charge in [-0.25, -0.2) is 0 Å². The van der Waals surface area contributed by atoms with Crippen LogP contribution in [0, 0.1) is 5.92 Å². The molecule has 0 unspecified atom stereocenters. The summed E-state index contributed by atoms with van der Waals surface area (Å²) < 4.78 is 18.7. The van der Waals surface area contributed by atoms with E-state index in [4.69, 9.17) is 14.2 Å². The summed E-state index contributed by atoms with van der Waals surface area (Å²) in [6.07, 6.45) is 11.7. The monoisotopic (exact) mass is 393 g/mol. The van der Waals surface area contributed by atoms with Gasteiger partial charge in [-0.2, -0.15) is 0 Å². The Bertz CT molecular complexity index is 900. The summed E-state index contributed by atoms with van der Waals surface area (Å²) in [5.74, 6) is 3.76. The van der Waals surface area contributed by atoms with E-state index in [1.54, 1.807) is 12.7 Å². The smallest absolute Gasteiger partial charge is 0.169 e. The molecule has 29 heavy (non-hydrogen) atoms. The van der Waals surface area contributed by atoms with Crippen molar-refractivity contribution in [1.29, 1.82) is 0 Å². The van der Waals surface area contributed by atoms with Crippen LogP contribution < -0.4 is 9.47 Å². The van der Waals surface area contributed by atoms with E-state index in [1.807, 2.05) is 0 Å². The van der Waals surface area contributed by atoms with Gasteiger partial charge in [-0.1, -0.05) is 25.5 Å². The quantitative estimate of drug-likeness (QED) is 0.644. The molecule has 3 atom stereocenters. The lowest BCUT2D eigenvalue weighted by Gasteiger charge is -2.53. The van der Waals surface area contributed by atoms with Crippen LogP contribution >= 0.6 is 0 Å². The SMILES string of the molecule is CCCCOc1ccc2c3c1O[C@H]1C(OC)=CC=C4[C@@H](C2)N(CC2CC2)CC[C@]431. The molecule has 2 fully saturated rings. The summed E-state index contributed by atoms with van der Waals surface area (Å²) in [4.78, 5) is 2.75. The van der Waals surface area contributed by atoms with E-state index >= 15 is 0 Å². The van der Waals surface area contributed by atoms with Gasteiger partial charge in [-0.3, -0.25) is 4.90 Å². The molecule has 0 N–H and O–H groups in total. The third-order valence-electron chi connectivity index (χ3n) is 7.73. The topological polar surface area (TPSA) is 30.9 Å². The van der Waals surface area contributed by atoms with E-state index < -0.39 is 0 Å². The zero-order valence-corrected chi connectivity index (χ0v) is 17.6. The van der Waals surface area contributed by atoms with Crippen molar-refractivity contribution in [3.8, 4) is 11.5 Å². The van der Waals surface area contributed by atoms with E-state index in [-0.39, 0.29) is 11.5 Å². The van der Waals surface area contributed by atoms with Crippen molar-refractivity contribution in [2.24, 2.45) is 5.92 Å². The summed E-state index contributed by atoms with van der Waals surface area (Å²) in [6.45, 7) is 5.35. The Kier molecular flexibility index (Phi) is 4.03. The van der Waals surface area contributed by atoms with Crippen molar-refractivity contribution in [2.45, 2.75) is 63.0 Å². The van der Waals surface area contributed by atoms with Crippen LogP contribution in [0.15, 0.2) is 35.6 Å². The normalized spacial score (nSPS) is 31.5. The number of hydrogen-bond donors (Lipinski definition) is 0. The summed E-state index contributed by atoms with van der Waals surface area (Å²) in [6, 6.07) is 4.95. The standard InChI is InChI=1S/C25H31NO3/c1-3-4-13-28-20-9-7-17-14-19-18-8-10-21(27-2)24-25(18,22(17)23(20)29-24)11-12-26(19)15-16-5-6-16/h7-10,16,19,24H,3-6,11-15H2,1-2H3/t19-,24+,25+/m1/s1. The number of likely N-dealkylation sites (tertiary alicyclic amines) is 1. The Morgan fingerprint density at radius 3 is 2.93 bits per heavy atom. The molecule has 0 amide bonds. The zero-order chi connectivity index (χ0) is 19.6. The molecule has 1 spiro atoms. The molecule has 3 aliphatic carbocycles. The highest BCUT2D eigenvalue weighted by Gasteiger charge is 2.62. The molecular weight excluding hydrogens is 362 g/mol. The Morgan fingerprint density at radius 2 is 2.14 bits per heavy atom. The first-order valence-electron chi connectivity index (χ1n) is 11.4. The fourth-order valence-corrected chi connectivity index (χ4v) is 6.13. The molecule has 154 valence electrons. The first-order valence-corrected chi connectivity index (χ1v) is 11.4. The van der Waals surface area contributed by atoms with Gasteiger partial charge in [-0.05, 0) is 61.3 Å². The van der Waals surface area contributed by atoms with Crippen molar-refractivity contribution in [1.82, 2.24) is 4.90 Å². The van der Waals surface area contributed by atoms with E-state index in [0.717, 1.165) is 62.0 Å². The van der Waals surface area contributed by atoms with Gasteiger partial charge < -0.3 is 14.2 Å². The molecule has 4 heteroatoms. The molecule has 1 saturated heterocycles. The molecule has 2 aliphatic heterocycles. The van der Waals surface area contributed by atoms with Crippen LogP contribution in [0.1, 0.15) is 50.2 Å². The third-order valence-corrected chi connectivity index (χ3v) is 7.73. The highest BCUT2D eigenvalue weighted by atomic mass is 16.6. The fourth-order valence-electron chi connectivity index (χ4n) is 6.13. The Labute approximate surface area is 173 Å². The highest BCUT2D eigenvalue weighted by molar-refractivity contribution is 5.67. The molecule has 1 aromatic carbocycles. The van der Waals surface area contributed by atoms with Crippen LogP contribution in [0.25, 0.3) is 0 Å². The van der Waals surface area contributed by atoms with Gasteiger partial charge in [0.05, 0.1) is 19.1 Å². The second-order valence-electron chi connectivity index (χ2n) is 9.40. The van der Waals surface area contributed by atoms with Crippen LogP contribution in [-0.2, 0) is 16.6 Å². The van der Waals surface area contributed by atoms with E-state index in [2.05, 4.69) is 36.1 Å². The number of unbranched alkanes of at least 4 members (excludes halogenated alkanes) is 1. The Balaban J connectivity index is 1.46. The minimum absolute atomic E-state index is 0.0527.